The largest absolute Gasteiger partial charge is 0.283 e. The standard InChI is InChI=1S/C17H14Cl2N4OS/c1-2-7-23(16(24)14-9-20-5-6-21-14)17-22-15(10-25-17)12-4-3-11(18)8-13(12)19/h3-6,8-10H,2,7H2,1H3. The van der Waals surface area contributed by atoms with Crippen molar-refractivity contribution in [1.82, 2.24) is 15.0 Å². The summed E-state index contributed by atoms with van der Waals surface area (Å²) in [6.45, 7) is 2.54. The Morgan fingerprint density at radius 2 is 2.12 bits per heavy atom. The molecule has 0 N–H and O–H groups in total. The number of benzene rings is 1. The SMILES string of the molecule is CCCN(C(=O)c1cnccn1)c1nc(-c2ccc(Cl)cc2Cl)cs1. The lowest BCUT2D eigenvalue weighted by Gasteiger charge is -2.18. The minimum absolute atomic E-state index is 0.224. The van der Waals surface area contributed by atoms with Crippen LogP contribution in [-0.2, 0) is 0 Å². The molecule has 0 aliphatic heterocycles. The van der Waals surface area contributed by atoms with E-state index in [0.29, 0.717) is 27.4 Å². The minimum atomic E-state index is -0.224. The van der Waals surface area contributed by atoms with Crippen LogP contribution in [0.25, 0.3) is 11.3 Å². The average Bonchev–Trinajstić information content (AvgIpc) is 3.09. The fraction of sp³-hybridized carbons (Fsp3) is 0.176. The van der Waals surface area contributed by atoms with Crippen LogP contribution in [0.15, 0.2) is 42.2 Å². The molecule has 0 fully saturated rings. The smallest absolute Gasteiger partial charge is 0.280 e. The lowest BCUT2D eigenvalue weighted by atomic mass is 10.2. The van der Waals surface area contributed by atoms with E-state index < -0.39 is 0 Å². The second-order valence-corrected chi connectivity index (χ2v) is 6.87. The molecule has 0 saturated heterocycles. The Morgan fingerprint density at radius 3 is 2.80 bits per heavy atom. The molecule has 8 heteroatoms. The molecule has 1 aromatic carbocycles. The maximum absolute atomic E-state index is 12.7. The molecule has 0 bridgehead atoms. The van der Waals surface area contributed by atoms with Crippen molar-refractivity contribution in [3.05, 3.63) is 57.9 Å². The number of hydrogen-bond donors (Lipinski definition) is 0. The highest BCUT2D eigenvalue weighted by molar-refractivity contribution is 7.14. The van der Waals surface area contributed by atoms with Gasteiger partial charge in [0.15, 0.2) is 5.13 Å². The van der Waals surface area contributed by atoms with Gasteiger partial charge >= 0.3 is 0 Å². The molecule has 0 radical (unpaired) electrons. The summed E-state index contributed by atoms with van der Waals surface area (Å²) in [4.78, 5) is 27.0. The number of rotatable bonds is 5. The van der Waals surface area contributed by atoms with Gasteiger partial charge in [0.25, 0.3) is 5.91 Å². The van der Waals surface area contributed by atoms with Gasteiger partial charge in [-0.2, -0.15) is 0 Å². The van der Waals surface area contributed by atoms with E-state index in [1.807, 2.05) is 18.4 Å². The van der Waals surface area contributed by atoms with E-state index in [2.05, 4.69) is 15.0 Å². The van der Waals surface area contributed by atoms with Gasteiger partial charge in [-0.3, -0.25) is 14.7 Å². The Hall–Kier alpha value is -2.02. The molecule has 3 rings (SSSR count). The molecule has 25 heavy (non-hydrogen) atoms. The molecule has 0 saturated carbocycles. The quantitative estimate of drug-likeness (QED) is 0.615. The summed E-state index contributed by atoms with van der Waals surface area (Å²) in [5.41, 5.74) is 1.77. The Kier molecular flexibility index (Phi) is 5.63. The third-order valence-corrected chi connectivity index (χ3v) is 4.82. The first kappa shape index (κ1) is 17.8. The molecule has 0 aliphatic rings. The van der Waals surface area contributed by atoms with Crippen LogP contribution < -0.4 is 4.90 Å². The molecule has 0 aliphatic carbocycles. The number of halogens is 2. The van der Waals surface area contributed by atoms with E-state index in [1.54, 1.807) is 17.0 Å². The molecule has 128 valence electrons. The number of nitrogens with zero attached hydrogens (tertiary/aromatic N) is 4. The summed E-state index contributed by atoms with van der Waals surface area (Å²) in [6.07, 6.45) is 5.28. The van der Waals surface area contributed by atoms with Crippen molar-refractivity contribution in [3.8, 4) is 11.3 Å². The van der Waals surface area contributed by atoms with Crippen LogP contribution in [0.1, 0.15) is 23.8 Å². The molecule has 5 nitrogen and oxygen atoms in total. The third-order valence-electron chi connectivity index (χ3n) is 3.40. The fourth-order valence-electron chi connectivity index (χ4n) is 2.26. The monoisotopic (exact) mass is 392 g/mol. The van der Waals surface area contributed by atoms with Gasteiger partial charge in [-0.1, -0.05) is 30.1 Å². The van der Waals surface area contributed by atoms with Crippen molar-refractivity contribution in [2.45, 2.75) is 13.3 Å². The zero-order chi connectivity index (χ0) is 17.8. The Bertz CT molecular complexity index is 885. The van der Waals surface area contributed by atoms with Gasteiger partial charge in [-0.15, -0.1) is 11.3 Å². The summed E-state index contributed by atoms with van der Waals surface area (Å²) >= 11 is 13.6. The van der Waals surface area contributed by atoms with E-state index in [-0.39, 0.29) is 11.6 Å². The van der Waals surface area contributed by atoms with Gasteiger partial charge < -0.3 is 0 Å². The molecule has 1 amide bonds. The molecule has 3 aromatic rings. The van der Waals surface area contributed by atoms with E-state index >= 15 is 0 Å². The number of hydrogen-bond acceptors (Lipinski definition) is 5. The van der Waals surface area contributed by atoms with E-state index in [1.165, 1.54) is 29.9 Å². The van der Waals surface area contributed by atoms with Crippen LogP contribution >= 0.6 is 34.5 Å². The second-order valence-electron chi connectivity index (χ2n) is 5.19. The summed E-state index contributed by atoms with van der Waals surface area (Å²) in [7, 11) is 0. The Balaban J connectivity index is 1.93. The fourth-order valence-corrected chi connectivity index (χ4v) is 3.62. The molecular formula is C17H14Cl2N4OS. The van der Waals surface area contributed by atoms with Crippen molar-refractivity contribution in [2.75, 3.05) is 11.4 Å². The van der Waals surface area contributed by atoms with Gasteiger partial charge in [0, 0.05) is 34.9 Å². The van der Waals surface area contributed by atoms with Crippen LogP contribution in [-0.4, -0.2) is 27.4 Å². The lowest BCUT2D eigenvalue weighted by molar-refractivity contribution is 0.0981. The van der Waals surface area contributed by atoms with Crippen LogP contribution in [0, 0.1) is 0 Å². The molecule has 0 unspecified atom stereocenters. The maximum Gasteiger partial charge on any atom is 0.280 e. The summed E-state index contributed by atoms with van der Waals surface area (Å²) in [5, 5.41) is 3.55. The van der Waals surface area contributed by atoms with Crippen LogP contribution in [0.4, 0.5) is 5.13 Å². The van der Waals surface area contributed by atoms with E-state index in [9.17, 15) is 4.79 Å². The van der Waals surface area contributed by atoms with Crippen molar-refractivity contribution < 1.29 is 4.79 Å². The first-order valence-corrected chi connectivity index (χ1v) is 9.22. The summed E-state index contributed by atoms with van der Waals surface area (Å²) in [6, 6.07) is 5.25. The Morgan fingerprint density at radius 1 is 1.28 bits per heavy atom. The predicted molar refractivity (Wildman–Crippen MR) is 102 cm³/mol. The summed E-state index contributed by atoms with van der Waals surface area (Å²) < 4.78 is 0. The molecule has 0 spiro atoms. The van der Waals surface area contributed by atoms with Gasteiger partial charge in [0.2, 0.25) is 0 Å². The van der Waals surface area contributed by atoms with E-state index in [0.717, 1.165) is 12.0 Å². The number of anilines is 1. The summed E-state index contributed by atoms with van der Waals surface area (Å²) in [5.74, 6) is -0.224. The van der Waals surface area contributed by atoms with Crippen molar-refractivity contribution in [2.24, 2.45) is 0 Å². The van der Waals surface area contributed by atoms with Crippen molar-refractivity contribution in [3.63, 3.8) is 0 Å². The third kappa shape index (κ3) is 3.98. The number of aromatic nitrogens is 3. The normalized spacial score (nSPS) is 10.7. The van der Waals surface area contributed by atoms with Crippen molar-refractivity contribution >= 4 is 45.6 Å². The molecule has 2 aromatic heterocycles. The number of amides is 1. The number of carbonyl (C=O) groups is 1. The van der Waals surface area contributed by atoms with Crippen LogP contribution in [0.3, 0.4) is 0 Å². The Labute approximate surface area is 159 Å². The van der Waals surface area contributed by atoms with Gasteiger partial charge in [0.05, 0.1) is 16.9 Å². The second kappa shape index (κ2) is 7.91. The highest BCUT2D eigenvalue weighted by atomic mass is 35.5. The zero-order valence-corrected chi connectivity index (χ0v) is 15.6. The predicted octanol–water partition coefficient (Wildman–Crippen LogP) is 4.96. The highest BCUT2D eigenvalue weighted by Gasteiger charge is 2.22. The van der Waals surface area contributed by atoms with E-state index in [4.69, 9.17) is 23.2 Å². The average molecular weight is 393 g/mol. The zero-order valence-electron chi connectivity index (χ0n) is 13.3. The van der Waals surface area contributed by atoms with Crippen LogP contribution in [0.2, 0.25) is 10.0 Å². The highest BCUT2D eigenvalue weighted by Crippen LogP contribution is 2.33. The topological polar surface area (TPSA) is 59.0 Å². The van der Waals surface area contributed by atoms with Gasteiger partial charge in [0.1, 0.15) is 5.69 Å². The number of carbonyl (C=O) groups excluding carboxylic acids is 1. The lowest BCUT2D eigenvalue weighted by Crippen LogP contribution is -2.32. The minimum Gasteiger partial charge on any atom is -0.283 e. The first-order valence-electron chi connectivity index (χ1n) is 7.59. The van der Waals surface area contributed by atoms with Crippen molar-refractivity contribution in [1.29, 1.82) is 0 Å². The first-order chi connectivity index (χ1) is 12.1. The maximum atomic E-state index is 12.7. The van der Waals surface area contributed by atoms with Gasteiger partial charge in [-0.05, 0) is 24.6 Å². The molecule has 2 heterocycles. The van der Waals surface area contributed by atoms with Crippen LogP contribution in [0.5, 0.6) is 0 Å². The van der Waals surface area contributed by atoms with Gasteiger partial charge in [-0.25, -0.2) is 9.97 Å². The molecular weight excluding hydrogens is 379 g/mol. The number of thiazole rings is 1. The molecule has 0 atom stereocenters.